The van der Waals surface area contributed by atoms with Crippen molar-refractivity contribution in [3.8, 4) is 22.3 Å². The molecule has 4 aromatic rings. The third kappa shape index (κ3) is 2.00. The van der Waals surface area contributed by atoms with Gasteiger partial charge in [0, 0.05) is 24.8 Å². The Morgan fingerprint density at radius 2 is 1.28 bits per heavy atom. The molecular weight excluding hydrogens is 350 g/mol. The second-order valence-corrected chi connectivity index (χ2v) is 8.64. The van der Waals surface area contributed by atoms with Gasteiger partial charge in [-0.3, -0.25) is 0 Å². The molecule has 3 aliphatic rings. The van der Waals surface area contributed by atoms with Crippen molar-refractivity contribution in [2.75, 3.05) is 11.9 Å². The predicted octanol–water partition coefficient (Wildman–Crippen LogP) is 6.50. The lowest BCUT2D eigenvalue weighted by atomic mass is 9.87. The van der Waals surface area contributed by atoms with Crippen LogP contribution in [0.5, 0.6) is 0 Å². The first kappa shape index (κ1) is 15.6. The number of nitrogens with zero attached hydrogens (tertiary/aromatic N) is 1. The van der Waals surface area contributed by atoms with E-state index in [1.54, 1.807) is 0 Å². The van der Waals surface area contributed by atoms with Crippen LogP contribution in [0.15, 0.2) is 72.8 Å². The molecule has 7 rings (SSSR count). The number of hydrogen-bond acceptors (Lipinski definition) is 1. The normalized spacial score (nSPS) is 14.6. The van der Waals surface area contributed by atoms with E-state index in [2.05, 4.69) is 84.7 Å². The summed E-state index contributed by atoms with van der Waals surface area (Å²) in [6, 6.07) is 27.4. The lowest BCUT2D eigenvalue weighted by molar-refractivity contribution is 1.05. The molecule has 0 spiro atoms. The summed E-state index contributed by atoms with van der Waals surface area (Å²) in [7, 11) is 2.23. The Labute approximate surface area is 171 Å². The number of benzene rings is 4. The van der Waals surface area contributed by atoms with E-state index in [0.29, 0.717) is 0 Å². The van der Waals surface area contributed by atoms with Crippen molar-refractivity contribution in [2.45, 2.75) is 19.3 Å². The zero-order chi connectivity index (χ0) is 19.1. The molecule has 0 aromatic heterocycles. The van der Waals surface area contributed by atoms with Gasteiger partial charge in [-0.05, 0) is 80.6 Å². The van der Waals surface area contributed by atoms with E-state index in [-0.39, 0.29) is 0 Å². The smallest absolute Gasteiger partial charge is 0.0450 e. The van der Waals surface area contributed by atoms with Gasteiger partial charge < -0.3 is 4.90 Å². The first-order chi connectivity index (χ1) is 14.3. The molecule has 1 aliphatic heterocycles. The molecule has 138 valence electrons. The standard InChI is InChI=1S/C28H21N/c1-29-26-11-10-19-12-18-7-3-5-9-23(18)28(19)25(26)15-21-14-20-13-17-6-2-4-8-22(17)24(20)16-27(21)29/h2-11,14,16H,12-13,15H2,1H3. The monoisotopic (exact) mass is 371 g/mol. The van der Waals surface area contributed by atoms with Crippen LogP contribution in [0.25, 0.3) is 22.3 Å². The van der Waals surface area contributed by atoms with Gasteiger partial charge in [0.05, 0.1) is 0 Å². The summed E-state index contributed by atoms with van der Waals surface area (Å²) in [6.45, 7) is 0. The van der Waals surface area contributed by atoms with Crippen LogP contribution in [0.2, 0.25) is 0 Å². The van der Waals surface area contributed by atoms with Gasteiger partial charge in [-0.1, -0.05) is 60.7 Å². The molecule has 0 bridgehead atoms. The van der Waals surface area contributed by atoms with Crippen LogP contribution in [0.3, 0.4) is 0 Å². The molecule has 2 aliphatic carbocycles. The van der Waals surface area contributed by atoms with E-state index in [0.717, 1.165) is 19.3 Å². The largest absolute Gasteiger partial charge is 0.344 e. The third-order valence-corrected chi connectivity index (χ3v) is 7.12. The fraction of sp³-hybridized carbons (Fsp3) is 0.143. The van der Waals surface area contributed by atoms with E-state index < -0.39 is 0 Å². The van der Waals surface area contributed by atoms with E-state index in [1.807, 2.05) is 0 Å². The van der Waals surface area contributed by atoms with Crippen molar-refractivity contribution < 1.29 is 0 Å². The Morgan fingerprint density at radius 3 is 2.14 bits per heavy atom. The lowest BCUT2D eigenvalue weighted by Gasteiger charge is -2.32. The maximum absolute atomic E-state index is 2.48. The Hall–Kier alpha value is -3.32. The summed E-state index contributed by atoms with van der Waals surface area (Å²) >= 11 is 0. The highest BCUT2D eigenvalue weighted by Gasteiger charge is 2.30. The van der Waals surface area contributed by atoms with E-state index in [9.17, 15) is 0 Å². The SMILES string of the molecule is CN1c2cc3c(cc2Cc2c1ccc1c2-c2ccccc2C1)Cc1ccccc1-3. The number of fused-ring (bicyclic) bond motifs is 9. The van der Waals surface area contributed by atoms with Gasteiger partial charge in [0.2, 0.25) is 0 Å². The van der Waals surface area contributed by atoms with Gasteiger partial charge in [-0.2, -0.15) is 0 Å². The second kappa shape index (κ2) is 5.39. The maximum atomic E-state index is 2.48. The quantitative estimate of drug-likeness (QED) is 0.294. The van der Waals surface area contributed by atoms with E-state index >= 15 is 0 Å². The topological polar surface area (TPSA) is 3.24 Å². The molecule has 1 heteroatoms. The predicted molar refractivity (Wildman–Crippen MR) is 120 cm³/mol. The molecule has 0 radical (unpaired) electrons. The molecule has 29 heavy (non-hydrogen) atoms. The van der Waals surface area contributed by atoms with E-state index in [1.165, 1.54) is 67.0 Å². The van der Waals surface area contributed by atoms with Crippen molar-refractivity contribution in [1.82, 2.24) is 0 Å². The van der Waals surface area contributed by atoms with Crippen molar-refractivity contribution >= 4 is 11.4 Å². The van der Waals surface area contributed by atoms with Crippen LogP contribution >= 0.6 is 0 Å². The molecule has 0 saturated carbocycles. The van der Waals surface area contributed by atoms with Gasteiger partial charge in [0.1, 0.15) is 0 Å². The number of anilines is 2. The van der Waals surface area contributed by atoms with Gasteiger partial charge in [0.25, 0.3) is 0 Å². The molecule has 0 amide bonds. The molecule has 0 N–H and O–H groups in total. The van der Waals surface area contributed by atoms with E-state index in [4.69, 9.17) is 0 Å². The second-order valence-electron chi connectivity index (χ2n) is 8.64. The molecule has 0 saturated heterocycles. The summed E-state index contributed by atoms with van der Waals surface area (Å²) in [5.74, 6) is 0. The lowest BCUT2D eigenvalue weighted by Crippen LogP contribution is -2.19. The zero-order valence-electron chi connectivity index (χ0n) is 16.5. The summed E-state index contributed by atoms with van der Waals surface area (Å²) in [6.07, 6.45) is 3.15. The highest BCUT2D eigenvalue weighted by Crippen LogP contribution is 2.49. The molecule has 4 aromatic carbocycles. The van der Waals surface area contributed by atoms with Gasteiger partial charge in [-0.25, -0.2) is 0 Å². The minimum Gasteiger partial charge on any atom is -0.344 e. The highest BCUT2D eigenvalue weighted by atomic mass is 15.1. The Bertz CT molecular complexity index is 1340. The molecule has 0 unspecified atom stereocenters. The average Bonchev–Trinajstić information content (AvgIpc) is 3.30. The van der Waals surface area contributed by atoms with Gasteiger partial charge >= 0.3 is 0 Å². The number of rotatable bonds is 0. The minimum atomic E-state index is 1.02. The molecule has 1 heterocycles. The first-order valence-corrected chi connectivity index (χ1v) is 10.5. The zero-order valence-corrected chi connectivity index (χ0v) is 16.5. The molecule has 1 nitrogen and oxygen atoms in total. The van der Waals surface area contributed by atoms with Crippen LogP contribution in [-0.2, 0) is 19.3 Å². The average molecular weight is 371 g/mol. The molecule has 0 atom stereocenters. The maximum Gasteiger partial charge on any atom is 0.0450 e. The van der Waals surface area contributed by atoms with Crippen LogP contribution < -0.4 is 4.90 Å². The summed E-state index contributed by atoms with van der Waals surface area (Å²) in [5, 5.41) is 0. The third-order valence-electron chi connectivity index (χ3n) is 7.12. The first-order valence-electron chi connectivity index (χ1n) is 10.5. The molecule has 0 fully saturated rings. The highest BCUT2D eigenvalue weighted by molar-refractivity contribution is 5.90. The van der Waals surface area contributed by atoms with Gasteiger partial charge in [0.15, 0.2) is 0 Å². The van der Waals surface area contributed by atoms with Crippen molar-refractivity contribution in [3.63, 3.8) is 0 Å². The summed E-state index contributed by atoms with van der Waals surface area (Å²) in [4.78, 5) is 2.41. The van der Waals surface area contributed by atoms with Crippen molar-refractivity contribution in [2.24, 2.45) is 0 Å². The summed E-state index contributed by atoms with van der Waals surface area (Å²) in [5.41, 5.74) is 17.3. The summed E-state index contributed by atoms with van der Waals surface area (Å²) < 4.78 is 0. The fourth-order valence-corrected chi connectivity index (χ4v) is 5.78. The van der Waals surface area contributed by atoms with Gasteiger partial charge in [-0.15, -0.1) is 0 Å². The van der Waals surface area contributed by atoms with Crippen LogP contribution in [-0.4, -0.2) is 7.05 Å². The van der Waals surface area contributed by atoms with Crippen LogP contribution in [0.4, 0.5) is 11.4 Å². The van der Waals surface area contributed by atoms with Crippen molar-refractivity contribution in [3.05, 3.63) is 106 Å². The number of hydrogen-bond donors (Lipinski definition) is 0. The minimum absolute atomic E-state index is 1.02. The van der Waals surface area contributed by atoms with Crippen LogP contribution in [0.1, 0.15) is 33.4 Å². The van der Waals surface area contributed by atoms with Crippen molar-refractivity contribution in [1.29, 1.82) is 0 Å². The Morgan fingerprint density at radius 1 is 0.552 bits per heavy atom. The van der Waals surface area contributed by atoms with Crippen LogP contribution in [0, 0.1) is 0 Å². The Balaban J connectivity index is 1.43. The fourth-order valence-electron chi connectivity index (χ4n) is 5.78. The molecular formula is C28H21N. The Kier molecular flexibility index (Phi) is 2.90.